The van der Waals surface area contributed by atoms with Crippen LogP contribution in [0.2, 0.25) is 0 Å². The summed E-state index contributed by atoms with van der Waals surface area (Å²) in [6.07, 6.45) is 2.30. The van der Waals surface area contributed by atoms with Crippen LogP contribution in [0.3, 0.4) is 0 Å². The summed E-state index contributed by atoms with van der Waals surface area (Å²) in [6, 6.07) is 11.6. The Labute approximate surface area is 159 Å². The molecule has 1 aliphatic rings. The van der Waals surface area contributed by atoms with Crippen molar-refractivity contribution in [2.24, 2.45) is 0 Å². The highest BCUT2D eigenvalue weighted by Gasteiger charge is 2.28. The number of H-pyrrole nitrogens is 1. The largest absolute Gasteiger partial charge is 0.495 e. The van der Waals surface area contributed by atoms with Crippen LogP contribution in [0.4, 0.5) is 0 Å². The summed E-state index contributed by atoms with van der Waals surface area (Å²) in [6.45, 7) is 3.85. The van der Waals surface area contributed by atoms with Crippen molar-refractivity contribution in [1.29, 1.82) is 0 Å². The van der Waals surface area contributed by atoms with E-state index in [0.717, 1.165) is 35.2 Å². The van der Waals surface area contributed by atoms with Crippen molar-refractivity contribution in [1.82, 2.24) is 9.71 Å². The maximum atomic E-state index is 13.0. The van der Waals surface area contributed by atoms with Gasteiger partial charge in [-0.25, -0.2) is 13.1 Å². The van der Waals surface area contributed by atoms with Gasteiger partial charge in [0.1, 0.15) is 10.6 Å². The van der Waals surface area contributed by atoms with Crippen LogP contribution in [0.25, 0.3) is 10.9 Å². The number of aromatic nitrogens is 1. The van der Waals surface area contributed by atoms with E-state index in [1.54, 1.807) is 12.1 Å². The second-order valence-electron chi connectivity index (χ2n) is 7.28. The van der Waals surface area contributed by atoms with Gasteiger partial charge in [0.05, 0.1) is 7.11 Å². The number of rotatable bonds is 4. The maximum Gasteiger partial charge on any atom is 0.244 e. The van der Waals surface area contributed by atoms with Crippen LogP contribution >= 0.6 is 0 Å². The van der Waals surface area contributed by atoms with Crippen LogP contribution < -0.4 is 9.46 Å². The molecule has 1 heterocycles. The van der Waals surface area contributed by atoms with E-state index in [1.165, 1.54) is 18.1 Å². The lowest BCUT2D eigenvalue weighted by Crippen LogP contribution is -2.39. The van der Waals surface area contributed by atoms with E-state index in [9.17, 15) is 8.42 Å². The van der Waals surface area contributed by atoms with Gasteiger partial charge in [0, 0.05) is 29.1 Å². The molecule has 3 aromatic rings. The van der Waals surface area contributed by atoms with Gasteiger partial charge in [-0.3, -0.25) is 0 Å². The lowest BCUT2D eigenvalue weighted by atomic mass is 9.92. The Hall–Kier alpha value is -2.31. The fourth-order valence-electron chi connectivity index (χ4n) is 3.90. The molecular formula is C21H24N2O3S. The molecule has 1 aliphatic carbocycles. The number of methoxy groups -OCH3 is 1. The van der Waals surface area contributed by atoms with E-state index in [2.05, 4.69) is 21.8 Å². The monoisotopic (exact) mass is 384 g/mol. The summed E-state index contributed by atoms with van der Waals surface area (Å²) in [5.74, 6) is 0.382. The molecule has 6 heteroatoms. The predicted molar refractivity (Wildman–Crippen MR) is 107 cm³/mol. The fourth-order valence-corrected chi connectivity index (χ4v) is 5.40. The molecule has 0 bridgehead atoms. The van der Waals surface area contributed by atoms with Gasteiger partial charge in [-0.05, 0) is 61.6 Å². The van der Waals surface area contributed by atoms with Crippen LogP contribution in [0.1, 0.15) is 28.8 Å². The van der Waals surface area contributed by atoms with Crippen molar-refractivity contribution in [3.05, 3.63) is 58.8 Å². The number of benzene rings is 2. The van der Waals surface area contributed by atoms with Gasteiger partial charge in [0.2, 0.25) is 10.0 Å². The Morgan fingerprint density at radius 1 is 1.15 bits per heavy atom. The zero-order valence-electron chi connectivity index (χ0n) is 15.8. The van der Waals surface area contributed by atoms with E-state index >= 15 is 0 Å². The third kappa shape index (κ3) is 3.24. The number of aryl methyl sites for hydroxylation is 3. The van der Waals surface area contributed by atoms with E-state index in [-0.39, 0.29) is 10.9 Å². The quantitative estimate of drug-likeness (QED) is 0.722. The Morgan fingerprint density at radius 3 is 2.67 bits per heavy atom. The first-order valence-corrected chi connectivity index (χ1v) is 10.6. The number of aromatic amines is 1. The summed E-state index contributed by atoms with van der Waals surface area (Å²) < 4.78 is 34.3. The Balaban J connectivity index is 1.62. The van der Waals surface area contributed by atoms with Crippen LogP contribution in [-0.2, 0) is 22.9 Å². The molecule has 1 unspecified atom stereocenters. The number of sulfonamides is 1. The van der Waals surface area contributed by atoms with Crippen LogP contribution in [0.15, 0.2) is 41.3 Å². The smallest absolute Gasteiger partial charge is 0.244 e. The fraction of sp³-hybridized carbons (Fsp3) is 0.333. The number of nitrogens with one attached hydrogen (secondary N) is 2. The maximum absolute atomic E-state index is 13.0. The summed E-state index contributed by atoms with van der Waals surface area (Å²) >= 11 is 0. The van der Waals surface area contributed by atoms with E-state index in [4.69, 9.17) is 4.74 Å². The van der Waals surface area contributed by atoms with Crippen LogP contribution in [0, 0.1) is 13.8 Å². The van der Waals surface area contributed by atoms with Crippen molar-refractivity contribution in [2.75, 3.05) is 7.11 Å². The average molecular weight is 385 g/mol. The third-order valence-electron chi connectivity index (χ3n) is 5.49. The van der Waals surface area contributed by atoms with Crippen LogP contribution in [-0.4, -0.2) is 26.6 Å². The molecule has 142 valence electrons. The lowest BCUT2D eigenvalue weighted by Gasteiger charge is -2.24. The van der Waals surface area contributed by atoms with Crippen molar-refractivity contribution >= 4 is 20.9 Å². The molecule has 1 atom stereocenters. The standard InChI is InChI=1S/C21H24N2O3S/c1-13-10-20(26-3)21(11-14(13)2)27(24,25)23-15-8-9-17-16-6-4-5-7-18(16)22-19(17)12-15/h4-7,10-11,15,22-23H,8-9,12H2,1-3H3. The topological polar surface area (TPSA) is 71.2 Å². The summed E-state index contributed by atoms with van der Waals surface area (Å²) in [5, 5.41) is 1.24. The SMILES string of the molecule is COc1cc(C)c(C)cc1S(=O)(=O)NC1CCc2c([nH]c3ccccc23)C1. The molecule has 5 nitrogen and oxygen atoms in total. The van der Waals surface area contributed by atoms with Gasteiger partial charge >= 0.3 is 0 Å². The van der Waals surface area contributed by atoms with E-state index in [1.807, 2.05) is 26.0 Å². The highest BCUT2D eigenvalue weighted by atomic mass is 32.2. The Kier molecular flexibility index (Phi) is 4.48. The molecule has 0 radical (unpaired) electrons. The van der Waals surface area contributed by atoms with E-state index < -0.39 is 10.0 Å². The normalized spacial score (nSPS) is 17.1. The number of fused-ring (bicyclic) bond motifs is 3. The first kappa shape index (κ1) is 18.1. The molecule has 0 spiro atoms. The van der Waals surface area contributed by atoms with Gasteiger partial charge in [-0.2, -0.15) is 0 Å². The first-order valence-electron chi connectivity index (χ1n) is 9.15. The van der Waals surface area contributed by atoms with Gasteiger partial charge in [-0.1, -0.05) is 18.2 Å². The van der Waals surface area contributed by atoms with Crippen molar-refractivity contribution in [3.63, 3.8) is 0 Å². The minimum absolute atomic E-state index is 0.137. The third-order valence-corrected chi connectivity index (χ3v) is 7.03. The molecular weight excluding hydrogens is 360 g/mol. The van der Waals surface area contributed by atoms with Gasteiger partial charge in [-0.15, -0.1) is 0 Å². The molecule has 0 fully saturated rings. The predicted octanol–water partition coefficient (Wildman–Crippen LogP) is 3.63. The molecule has 2 N–H and O–H groups in total. The molecule has 27 heavy (non-hydrogen) atoms. The number of hydrogen-bond acceptors (Lipinski definition) is 3. The Bertz CT molecular complexity index is 1120. The molecule has 0 saturated carbocycles. The number of hydrogen-bond donors (Lipinski definition) is 2. The Morgan fingerprint density at radius 2 is 1.89 bits per heavy atom. The van der Waals surface area contributed by atoms with Crippen molar-refractivity contribution in [3.8, 4) is 5.75 Å². The van der Waals surface area contributed by atoms with Crippen molar-refractivity contribution < 1.29 is 13.2 Å². The zero-order chi connectivity index (χ0) is 19.2. The van der Waals surface area contributed by atoms with Gasteiger partial charge in [0.25, 0.3) is 0 Å². The summed E-state index contributed by atoms with van der Waals surface area (Å²) in [4.78, 5) is 3.66. The summed E-state index contributed by atoms with van der Waals surface area (Å²) in [7, 11) is -2.16. The molecule has 0 amide bonds. The second-order valence-corrected chi connectivity index (χ2v) is 8.96. The number of ether oxygens (including phenoxy) is 1. The average Bonchev–Trinajstić information content (AvgIpc) is 3.00. The molecule has 0 saturated heterocycles. The zero-order valence-corrected chi connectivity index (χ0v) is 16.6. The highest BCUT2D eigenvalue weighted by Crippen LogP contribution is 2.31. The highest BCUT2D eigenvalue weighted by molar-refractivity contribution is 7.89. The second kappa shape index (κ2) is 6.69. The summed E-state index contributed by atoms with van der Waals surface area (Å²) in [5.41, 5.74) is 5.48. The van der Waals surface area contributed by atoms with Gasteiger partial charge in [0.15, 0.2) is 0 Å². The first-order chi connectivity index (χ1) is 12.9. The molecule has 1 aromatic heterocycles. The molecule has 0 aliphatic heterocycles. The van der Waals surface area contributed by atoms with Crippen LogP contribution in [0.5, 0.6) is 5.75 Å². The molecule has 2 aromatic carbocycles. The van der Waals surface area contributed by atoms with Gasteiger partial charge < -0.3 is 9.72 Å². The minimum atomic E-state index is -3.66. The number of para-hydroxylation sites is 1. The minimum Gasteiger partial charge on any atom is -0.495 e. The van der Waals surface area contributed by atoms with Crippen molar-refractivity contribution in [2.45, 2.75) is 44.0 Å². The molecule has 4 rings (SSSR count). The lowest BCUT2D eigenvalue weighted by molar-refractivity contribution is 0.401. The van der Waals surface area contributed by atoms with E-state index in [0.29, 0.717) is 12.2 Å².